The molecule has 0 aliphatic heterocycles. The smallest absolute Gasteiger partial charge is 0.120 e. The summed E-state index contributed by atoms with van der Waals surface area (Å²) in [5.74, 6) is 0.886. The van der Waals surface area contributed by atoms with Gasteiger partial charge in [0.2, 0.25) is 0 Å². The number of aliphatic hydroxyl groups is 1. The summed E-state index contributed by atoms with van der Waals surface area (Å²) < 4.78 is 5.89. The number of ether oxygens (including phenoxy) is 1. The average molecular weight is 332 g/mol. The van der Waals surface area contributed by atoms with Gasteiger partial charge in [-0.2, -0.15) is 0 Å². The number of hydrogen-bond acceptors (Lipinski definition) is 2. The second-order valence-electron chi connectivity index (χ2n) is 6.37. The average Bonchev–Trinajstić information content (AvgIpc) is 2.64. The van der Waals surface area contributed by atoms with E-state index < -0.39 is 0 Å². The van der Waals surface area contributed by atoms with Crippen LogP contribution in [0.4, 0.5) is 0 Å². The fraction of sp³-hybridized carbons (Fsp3) is 0.217. The van der Waals surface area contributed by atoms with Gasteiger partial charge in [0.1, 0.15) is 12.4 Å². The number of aliphatic hydroxyl groups excluding tert-OH is 1. The molecule has 0 spiro atoms. The van der Waals surface area contributed by atoms with Crippen LogP contribution in [0.25, 0.3) is 16.8 Å². The molecule has 2 nitrogen and oxygen atoms in total. The molecule has 0 aliphatic carbocycles. The normalized spacial score (nSPS) is 12.6. The van der Waals surface area contributed by atoms with Gasteiger partial charge >= 0.3 is 0 Å². The van der Waals surface area contributed by atoms with Crippen molar-refractivity contribution in [2.24, 2.45) is 0 Å². The summed E-state index contributed by atoms with van der Waals surface area (Å²) in [6.45, 7) is 2.40. The maximum absolute atomic E-state index is 9.29. The third-order valence-electron chi connectivity index (χ3n) is 4.15. The van der Waals surface area contributed by atoms with E-state index in [1.54, 1.807) is 0 Å². The molecule has 1 unspecified atom stereocenters. The third kappa shape index (κ3) is 5.20. The lowest BCUT2D eigenvalue weighted by atomic mass is 10.1. The molecule has 0 aromatic heterocycles. The van der Waals surface area contributed by atoms with Gasteiger partial charge in [-0.15, -0.1) is 0 Å². The van der Waals surface area contributed by atoms with E-state index in [-0.39, 0.29) is 6.10 Å². The Morgan fingerprint density at radius 1 is 0.960 bits per heavy atom. The first kappa shape index (κ1) is 17.2. The predicted octanol–water partition coefficient (Wildman–Crippen LogP) is 5.59. The number of allylic oxidation sites excluding steroid dienone is 1. The molecule has 0 aliphatic rings. The molecule has 1 atom stereocenters. The lowest BCUT2D eigenvalue weighted by Gasteiger charge is -2.08. The van der Waals surface area contributed by atoms with Crippen molar-refractivity contribution in [3.8, 4) is 5.75 Å². The van der Waals surface area contributed by atoms with Crippen molar-refractivity contribution in [3.63, 3.8) is 0 Å². The van der Waals surface area contributed by atoms with Gasteiger partial charge in [-0.05, 0) is 59.9 Å². The van der Waals surface area contributed by atoms with Crippen LogP contribution in [-0.4, -0.2) is 11.2 Å². The van der Waals surface area contributed by atoms with E-state index in [0.717, 1.165) is 18.6 Å². The second-order valence-corrected chi connectivity index (χ2v) is 6.37. The SMILES string of the molecule is CC(O)CC/C=C/c1ccc2cc(OCc3ccccc3)ccc2c1. The van der Waals surface area contributed by atoms with Crippen LogP contribution in [-0.2, 0) is 6.61 Å². The van der Waals surface area contributed by atoms with Gasteiger partial charge in [0.05, 0.1) is 6.10 Å². The van der Waals surface area contributed by atoms with Crippen LogP contribution < -0.4 is 4.74 Å². The molecule has 0 amide bonds. The fourth-order valence-electron chi connectivity index (χ4n) is 2.73. The Balaban J connectivity index is 1.66. The Morgan fingerprint density at radius 3 is 2.52 bits per heavy atom. The zero-order valence-electron chi connectivity index (χ0n) is 14.6. The lowest BCUT2D eigenvalue weighted by molar-refractivity contribution is 0.186. The van der Waals surface area contributed by atoms with Crippen molar-refractivity contribution >= 4 is 16.8 Å². The first-order valence-electron chi connectivity index (χ1n) is 8.76. The van der Waals surface area contributed by atoms with Crippen LogP contribution in [0, 0.1) is 0 Å². The molecule has 0 fully saturated rings. The largest absolute Gasteiger partial charge is 0.489 e. The Hall–Kier alpha value is -2.58. The van der Waals surface area contributed by atoms with E-state index in [9.17, 15) is 5.11 Å². The Bertz CT molecular complexity index is 835. The maximum Gasteiger partial charge on any atom is 0.120 e. The molecular formula is C23H24O2. The van der Waals surface area contributed by atoms with Crippen LogP contribution in [0.3, 0.4) is 0 Å². The van der Waals surface area contributed by atoms with E-state index in [1.165, 1.54) is 21.9 Å². The van der Waals surface area contributed by atoms with Gasteiger partial charge in [-0.25, -0.2) is 0 Å². The summed E-state index contributed by atoms with van der Waals surface area (Å²) in [6, 6.07) is 22.8. The van der Waals surface area contributed by atoms with E-state index in [4.69, 9.17) is 4.74 Å². The first-order valence-corrected chi connectivity index (χ1v) is 8.76. The van der Waals surface area contributed by atoms with E-state index in [2.05, 4.69) is 54.6 Å². The topological polar surface area (TPSA) is 29.5 Å². The number of hydrogen-bond donors (Lipinski definition) is 1. The third-order valence-corrected chi connectivity index (χ3v) is 4.15. The maximum atomic E-state index is 9.29. The van der Waals surface area contributed by atoms with Gasteiger partial charge in [0.15, 0.2) is 0 Å². The predicted molar refractivity (Wildman–Crippen MR) is 105 cm³/mol. The summed E-state index contributed by atoms with van der Waals surface area (Å²) in [6.07, 6.45) is 5.68. The van der Waals surface area contributed by atoms with Crippen molar-refractivity contribution in [1.29, 1.82) is 0 Å². The molecule has 0 radical (unpaired) electrons. The van der Waals surface area contributed by atoms with Crippen molar-refractivity contribution in [1.82, 2.24) is 0 Å². The van der Waals surface area contributed by atoms with Crippen molar-refractivity contribution < 1.29 is 9.84 Å². The molecule has 2 heteroatoms. The van der Waals surface area contributed by atoms with Crippen LogP contribution in [0.5, 0.6) is 5.75 Å². The zero-order chi connectivity index (χ0) is 17.5. The number of rotatable bonds is 7. The lowest BCUT2D eigenvalue weighted by Crippen LogP contribution is -1.96. The highest BCUT2D eigenvalue weighted by Gasteiger charge is 2.00. The molecule has 3 aromatic carbocycles. The summed E-state index contributed by atoms with van der Waals surface area (Å²) in [5.41, 5.74) is 2.34. The van der Waals surface area contributed by atoms with Crippen LogP contribution in [0.15, 0.2) is 72.8 Å². The highest BCUT2D eigenvalue weighted by Crippen LogP contribution is 2.23. The summed E-state index contributed by atoms with van der Waals surface area (Å²) >= 11 is 0. The van der Waals surface area contributed by atoms with Gasteiger partial charge in [0, 0.05) is 0 Å². The summed E-state index contributed by atoms with van der Waals surface area (Å²) in [7, 11) is 0. The molecule has 0 saturated carbocycles. The molecule has 0 bridgehead atoms. The molecule has 3 rings (SSSR count). The molecule has 128 valence electrons. The highest BCUT2D eigenvalue weighted by atomic mass is 16.5. The quantitative estimate of drug-likeness (QED) is 0.611. The highest BCUT2D eigenvalue weighted by molar-refractivity contribution is 5.86. The van der Waals surface area contributed by atoms with Crippen molar-refractivity contribution in [3.05, 3.63) is 83.9 Å². The number of benzene rings is 3. The van der Waals surface area contributed by atoms with Crippen molar-refractivity contribution in [2.45, 2.75) is 32.5 Å². The molecule has 3 aromatic rings. The van der Waals surface area contributed by atoms with Crippen LogP contribution in [0.2, 0.25) is 0 Å². The van der Waals surface area contributed by atoms with Crippen molar-refractivity contribution in [2.75, 3.05) is 0 Å². The zero-order valence-corrected chi connectivity index (χ0v) is 14.6. The van der Waals surface area contributed by atoms with E-state index in [0.29, 0.717) is 6.61 Å². The molecule has 0 heterocycles. The first-order chi connectivity index (χ1) is 12.2. The monoisotopic (exact) mass is 332 g/mol. The second kappa shape index (κ2) is 8.50. The Morgan fingerprint density at radius 2 is 1.72 bits per heavy atom. The molecule has 25 heavy (non-hydrogen) atoms. The van der Waals surface area contributed by atoms with Crippen LogP contribution >= 0.6 is 0 Å². The Kier molecular flexibility index (Phi) is 5.86. The minimum absolute atomic E-state index is 0.240. The van der Waals surface area contributed by atoms with E-state index in [1.807, 2.05) is 31.2 Å². The van der Waals surface area contributed by atoms with E-state index >= 15 is 0 Å². The molecular weight excluding hydrogens is 308 g/mol. The Labute approximate surface area is 149 Å². The molecule has 0 saturated heterocycles. The summed E-state index contributed by atoms with van der Waals surface area (Å²) in [4.78, 5) is 0. The van der Waals surface area contributed by atoms with Gasteiger partial charge < -0.3 is 9.84 Å². The minimum Gasteiger partial charge on any atom is -0.489 e. The van der Waals surface area contributed by atoms with Crippen LogP contribution in [0.1, 0.15) is 30.9 Å². The fourth-order valence-corrected chi connectivity index (χ4v) is 2.73. The molecule has 1 N–H and O–H groups in total. The number of fused-ring (bicyclic) bond motifs is 1. The summed E-state index contributed by atoms with van der Waals surface area (Å²) in [5, 5.41) is 11.7. The minimum atomic E-state index is -0.240. The van der Waals surface area contributed by atoms with Gasteiger partial charge in [-0.3, -0.25) is 0 Å². The van der Waals surface area contributed by atoms with Gasteiger partial charge in [0.25, 0.3) is 0 Å². The van der Waals surface area contributed by atoms with Gasteiger partial charge in [-0.1, -0.05) is 60.7 Å². The standard InChI is InChI=1S/C23H24O2/c1-18(24)7-5-6-8-19-11-12-22-16-23(14-13-21(22)15-19)25-17-20-9-3-2-4-10-20/h2-4,6,8-16,18,24H,5,7,17H2,1H3/b8-6+.